The number of carbonyl (C=O) groups is 3. The van der Waals surface area contributed by atoms with Crippen LogP contribution in [-0.4, -0.2) is 17.5 Å². The molecule has 0 aliphatic heterocycles. The summed E-state index contributed by atoms with van der Waals surface area (Å²) in [5.41, 5.74) is 1.98. The molecule has 180 valence electrons. The normalized spacial score (nSPS) is 13.7. The lowest BCUT2D eigenvalue weighted by atomic mass is 9.79. The van der Waals surface area contributed by atoms with E-state index in [1.165, 1.54) is 55.5 Å². The molecule has 35 heavy (non-hydrogen) atoms. The van der Waals surface area contributed by atoms with Crippen LogP contribution in [0.1, 0.15) is 36.6 Å². The van der Waals surface area contributed by atoms with E-state index in [9.17, 15) is 23.2 Å². The fourth-order valence-electron chi connectivity index (χ4n) is 3.94. The van der Waals surface area contributed by atoms with Crippen molar-refractivity contribution < 1.29 is 23.2 Å². The number of carbonyl (C=O) groups excluding carboxylic acids is 3. The number of amides is 1. The van der Waals surface area contributed by atoms with Gasteiger partial charge in [0.1, 0.15) is 23.3 Å². The third-order valence-corrected chi connectivity index (χ3v) is 5.71. The summed E-state index contributed by atoms with van der Waals surface area (Å²) in [5.74, 6) is -3.73. The SMILES string of the molecule is CC(=O)NC(c1ccccc1)C(C(=O)/C=C/c1ccc(F)cc1)C(=O)C(C)Cc1ccc(F)cc1. The van der Waals surface area contributed by atoms with Crippen LogP contribution in [0.15, 0.2) is 84.9 Å². The first-order valence-corrected chi connectivity index (χ1v) is 11.3. The zero-order valence-corrected chi connectivity index (χ0v) is 19.6. The first-order valence-electron chi connectivity index (χ1n) is 11.3. The summed E-state index contributed by atoms with van der Waals surface area (Å²) in [7, 11) is 0. The lowest BCUT2D eigenvalue weighted by Crippen LogP contribution is -2.41. The molecule has 3 aromatic carbocycles. The van der Waals surface area contributed by atoms with Gasteiger partial charge in [-0.25, -0.2) is 8.78 Å². The fourth-order valence-corrected chi connectivity index (χ4v) is 3.94. The van der Waals surface area contributed by atoms with Gasteiger partial charge in [-0.3, -0.25) is 14.4 Å². The van der Waals surface area contributed by atoms with Gasteiger partial charge in [-0.1, -0.05) is 67.6 Å². The van der Waals surface area contributed by atoms with Gasteiger partial charge in [-0.2, -0.15) is 0 Å². The molecule has 1 amide bonds. The van der Waals surface area contributed by atoms with Gasteiger partial charge < -0.3 is 5.32 Å². The monoisotopic (exact) mass is 475 g/mol. The molecule has 1 N–H and O–H groups in total. The van der Waals surface area contributed by atoms with E-state index in [0.717, 1.165) is 5.56 Å². The Hall–Kier alpha value is -3.93. The highest BCUT2D eigenvalue weighted by molar-refractivity contribution is 6.10. The van der Waals surface area contributed by atoms with Crippen LogP contribution in [0, 0.1) is 23.5 Å². The van der Waals surface area contributed by atoms with Crippen molar-refractivity contribution in [2.45, 2.75) is 26.3 Å². The number of allylic oxidation sites excluding steroid dienone is 1. The Morgan fingerprint density at radius 1 is 0.857 bits per heavy atom. The number of hydrogen-bond acceptors (Lipinski definition) is 3. The highest BCUT2D eigenvalue weighted by Crippen LogP contribution is 2.28. The average Bonchev–Trinajstić information content (AvgIpc) is 2.85. The second-order valence-electron chi connectivity index (χ2n) is 8.49. The van der Waals surface area contributed by atoms with Crippen molar-refractivity contribution in [1.82, 2.24) is 5.32 Å². The van der Waals surface area contributed by atoms with Crippen molar-refractivity contribution >= 4 is 23.5 Å². The molecule has 0 aromatic heterocycles. The van der Waals surface area contributed by atoms with Gasteiger partial charge in [0, 0.05) is 12.8 Å². The molecule has 0 spiro atoms. The predicted octanol–water partition coefficient (Wildman–Crippen LogP) is 5.49. The van der Waals surface area contributed by atoms with Gasteiger partial charge in [0.2, 0.25) is 5.91 Å². The van der Waals surface area contributed by atoms with Crippen LogP contribution in [0.3, 0.4) is 0 Å². The number of nitrogens with one attached hydrogen (secondary N) is 1. The third-order valence-electron chi connectivity index (χ3n) is 5.71. The lowest BCUT2D eigenvalue weighted by Gasteiger charge is -2.27. The van der Waals surface area contributed by atoms with E-state index >= 15 is 0 Å². The molecule has 0 fully saturated rings. The van der Waals surface area contributed by atoms with Gasteiger partial charge in [0.05, 0.1) is 6.04 Å². The summed E-state index contributed by atoms with van der Waals surface area (Å²) >= 11 is 0. The second-order valence-corrected chi connectivity index (χ2v) is 8.49. The van der Waals surface area contributed by atoms with Crippen LogP contribution in [0.2, 0.25) is 0 Å². The predicted molar refractivity (Wildman–Crippen MR) is 131 cm³/mol. The molecule has 0 radical (unpaired) electrons. The Morgan fingerprint density at radius 3 is 2.00 bits per heavy atom. The largest absolute Gasteiger partial charge is 0.348 e. The van der Waals surface area contributed by atoms with Gasteiger partial charge >= 0.3 is 0 Å². The van der Waals surface area contributed by atoms with Gasteiger partial charge in [0.15, 0.2) is 5.78 Å². The molecule has 3 aromatic rings. The zero-order valence-electron chi connectivity index (χ0n) is 19.6. The maximum absolute atomic E-state index is 13.7. The Labute approximate surface area is 203 Å². The smallest absolute Gasteiger partial charge is 0.217 e. The summed E-state index contributed by atoms with van der Waals surface area (Å²) in [6.07, 6.45) is 3.12. The Morgan fingerprint density at radius 2 is 1.43 bits per heavy atom. The number of halogens is 2. The summed E-state index contributed by atoms with van der Waals surface area (Å²) in [6, 6.07) is 19.4. The standard InChI is InChI=1S/C29H27F2NO3/c1-19(18-22-10-15-25(31)16-11-22)29(35)27(26(34)17-12-21-8-13-24(30)14-9-21)28(32-20(2)33)23-6-4-3-5-7-23/h3-17,19,27-28H,18H2,1-2H3,(H,32,33)/b17-12+. The van der Waals surface area contributed by atoms with Crippen molar-refractivity contribution in [3.8, 4) is 0 Å². The maximum atomic E-state index is 13.7. The molecule has 0 bridgehead atoms. The number of hydrogen-bond donors (Lipinski definition) is 1. The Kier molecular flexibility index (Phi) is 8.79. The first-order chi connectivity index (χ1) is 16.7. The van der Waals surface area contributed by atoms with E-state index in [4.69, 9.17) is 0 Å². The molecule has 3 unspecified atom stereocenters. The summed E-state index contributed by atoms with van der Waals surface area (Å²) in [6.45, 7) is 3.05. The molecule has 0 saturated carbocycles. The molecule has 3 atom stereocenters. The zero-order chi connectivity index (χ0) is 25.4. The van der Waals surface area contributed by atoms with Crippen LogP contribution in [-0.2, 0) is 20.8 Å². The highest BCUT2D eigenvalue weighted by Gasteiger charge is 2.37. The molecule has 3 rings (SSSR count). The van der Waals surface area contributed by atoms with Crippen molar-refractivity contribution in [2.24, 2.45) is 11.8 Å². The van der Waals surface area contributed by atoms with Crippen molar-refractivity contribution in [2.75, 3.05) is 0 Å². The van der Waals surface area contributed by atoms with Crippen LogP contribution in [0.4, 0.5) is 8.78 Å². The molecular formula is C29H27F2NO3. The second kappa shape index (κ2) is 12.0. The van der Waals surface area contributed by atoms with Gasteiger partial charge in [-0.15, -0.1) is 0 Å². The van der Waals surface area contributed by atoms with E-state index < -0.39 is 29.5 Å². The molecule has 4 nitrogen and oxygen atoms in total. The molecule has 0 saturated heterocycles. The van der Waals surface area contributed by atoms with Crippen molar-refractivity contribution in [3.63, 3.8) is 0 Å². The van der Waals surface area contributed by atoms with E-state index in [0.29, 0.717) is 17.5 Å². The fraction of sp³-hybridized carbons (Fsp3) is 0.207. The lowest BCUT2D eigenvalue weighted by molar-refractivity contribution is -0.134. The highest BCUT2D eigenvalue weighted by atomic mass is 19.1. The summed E-state index contributed by atoms with van der Waals surface area (Å²) < 4.78 is 26.5. The molecule has 0 heterocycles. The quantitative estimate of drug-likeness (QED) is 0.312. The van der Waals surface area contributed by atoms with E-state index in [-0.39, 0.29) is 17.5 Å². The van der Waals surface area contributed by atoms with Gasteiger partial charge in [0.25, 0.3) is 0 Å². The summed E-state index contributed by atoms with van der Waals surface area (Å²) in [4.78, 5) is 39.2. The number of benzene rings is 3. The summed E-state index contributed by atoms with van der Waals surface area (Å²) in [5, 5.41) is 2.78. The van der Waals surface area contributed by atoms with E-state index in [1.807, 2.05) is 0 Å². The number of ketones is 2. The Bertz CT molecular complexity index is 1190. The molecular weight excluding hydrogens is 448 g/mol. The maximum Gasteiger partial charge on any atom is 0.217 e. The van der Waals surface area contributed by atoms with Crippen LogP contribution in [0.25, 0.3) is 6.08 Å². The number of rotatable bonds is 10. The van der Waals surface area contributed by atoms with E-state index in [1.54, 1.807) is 49.4 Å². The van der Waals surface area contributed by atoms with Crippen LogP contribution in [0.5, 0.6) is 0 Å². The van der Waals surface area contributed by atoms with Crippen molar-refractivity contribution in [1.29, 1.82) is 0 Å². The minimum atomic E-state index is -1.19. The van der Waals surface area contributed by atoms with E-state index in [2.05, 4.69) is 5.32 Å². The molecule has 6 heteroatoms. The minimum absolute atomic E-state index is 0.312. The molecule has 0 aliphatic carbocycles. The van der Waals surface area contributed by atoms with Crippen molar-refractivity contribution in [3.05, 3.63) is 113 Å². The first kappa shape index (κ1) is 25.7. The average molecular weight is 476 g/mol. The number of Topliss-reactive ketones (excluding diaryl/α,β-unsaturated/α-hetero) is 1. The molecule has 0 aliphatic rings. The van der Waals surface area contributed by atoms with Gasteiger partial charge in [-0.05, 0) is 53.5 Å². The van der Waals surface area contributed by atoms with Crippen LogP contribution < -0.4 is 5.32 Å². The topological polar surface area (TPSA) is 63.2 Å². The third kappa shape index (κ3) is 7.27. The minimum Gasteiger partial charge on any atom is -0.348 e. The van der Waals surface area contributed by atoms with Crippen LogP contribution >= 0.6 is 0 Å². The Balaban J connectivity index is 1.95.